The van der Waals surface area contributed by atoms with Crippen LogP contribution >= 0.6 is 0 Å². The number of likely N-dealkylation sites (tertiary alicyclic amines) is 1. The van der Waals surface area contributed by atoms with Crippen LogP contribution in [0.4, 0.5) is 4.79 Å². The number of amides is 2. The minimum atomic E-state index is 0.175. The van der Waals surface area contributed by atoms with Crippen LogP contribution in [0.25, 0.3) is 0 Å². The maximum atomic E-state index is 12.4. The van der Waals surface area contributed by atoms with Gasteiger partial charge in [-0.2, -0.15) is 0 Å². The fourth-order valence-electron chi connectivity index (χ4n) is 3.90. The summed E-state index contributed by atoms with van der Waals surface area (Å²) in [5.74, 6) is 0. The van der Waals surface area contributed by atoms with Gasteiger partial charge in [-0.25, -0.2) is 4.79 Å². The SMILES string of the molecule is COC1CCC(NC(=O)N2CCCC23CCC3)C1. The van der Waals surface area contributed by atoms with Crippen molar-refractivity contribution in [1.82, 2.24) is 10.2 Å². The maximum Gasteiger partial charge on any atom is 0.318 e. The summed E-state index contributed by atoms with van der Waals surface area (Å²) in [5.41, 5.74) is 0.239. The number of nitrogens with zero attached hydrogens (tertiary/aromatic N) is 1. The van der Waals surface area contributed by atoms with Crippen molar-refractivity contribution in [2.75, 3.05) is 13.7 Å². The molecule has 0 aromatic heterocycles. The Morgan fingerprint density at radius 3 is 2.67 bits per heavy atom. The molecule has 2 saturated carbocycles. The molecule has 3 fully saturated rings. The number of nitrogens with one attached hydrogen (secondary N) is 1. The molecule has 4 nitrogen and oxygen atoms in total. The Balaban J connectivity index is 1.55. The molecule has 2 amide bonds. The van der Waals surface area contributed by atoms with E-state index in [4.69, 9.17) is 4.74 Å². The lowest BCUT2D eigenvalue weighted by Gasteiger charge is -2.46. The van der Waals surface area contributed by atoms with Crippen LogP contribution in [0.15, 0.2) is 0 Å². The van der Waals surface area contributed by atoms with E-state index in [0.717, 1.165) is 25.8 Å². The van der Waals surface area contributed by atoms with E-state index < -0.39 is 0 Å². The highest BCUT2D eigenvalue weighted by Gasteiger charge is 2.48. The lowest BCUT2D eigenvalue weighted by Crippen LogP contribution is -2.56. The van der Waals surface area contributed by atoms with E-state index in [1.54, 1.807) is 7.11 Å². The van der Waals surface area contributed by atoms with E-state index in [2.05, 4.69) is 10.2 Å². The van der Waals surface area contributed by atoms with Gasteiger partial charge in [0.05, 0.1) is 6.10 Å². The molecule has 0 bridgehead atoms. The third-order valence-corrected chi connectivity index (χ3v) is 5.17. The standard InChI is InChI=1S/C14H24N2O2/c1-18-12-5-4-11(10-12)15-13(17)16-9-3-8-14(16)6-2-7-14/h11-12H,2-10H2,1H3,(H,15,17). The van der Waals surface area contributed by atoms with Crippen LogP contribution in [-0.2, 0) is 4.74 Å². The van der Waals surface area contributed by atoms with Gasteiger partial charge in [-0.05, 0) is 51.4 Å². The minimum absolute atomic E-state index is 0.175. The van der Waals surface area contributed by atoms with Gasteiger partial charge in [0, 0.05) is 25.2 Å². The van der Waals surface area contributed by atoms with Crippen molar-refractivity contribution in [3.05, 3.63) is 0 Å². The van der Waals surface area contributed by atoms with E-state index in [1.807, 2.05) is 0 Å². The molecule has 1 heterocycles. The summed E-state index contributed by atoms with van der Waals surface area (Å²) in [6, 6.07) is 0.495. The average Bonchev–Trinajstić information content (AvgIpc) is 2.93. The molecule has 1 spiro atoms. The first-order valence-electron chi connectivity index (χ1n) is 7.34. The van der Waals surface area contributed by atoms with Crippen molar-refractivity contribution in [2.24, 2.45) is 0 Å². The quantitative estimate of drug-likeness (QED) is 0.819. The van der Waals surface area contributed by atoms with Gasteiger partial charge in [0.2, 0.25) is 0 Å². The zero-order chi connectivity index (χ0) is 12.6. The van der Waals surface area contributed by atoms with Crippen LogP contribution in [0, 0.1) is 0 Å². The molecular formula is C14H24N2O2. The lowest BCUT2D eigenvalue weighted by molar-refractivity contribution is 0.0785. The molecule has 1 saturated heterocycles. The smallest absolute Gasteiger partial charge is 0.318 e. The van der Waals surface area contributed by atoms with E-state index >= 15 is 0 Å². The van der Waals surface area contributed by atoms with E-state index in [0.29, 0.717) is 12.1 Å². The summed E-state index contributed by atoms with van der Waals surface area (Å²) < 4.78 is 5.36. The number of hydrogen-bond acceptors (Lipinski definition) is 2. The summed E-state index contributed by atoms with van der Waals surface area (Å²) in [6.45, 7) is 0.951. The number of hydrogen-bond donors (Lipinski definition) is 1. The van der Waals surface area contributed by atoms with Crippen molar-refractivity contribution in [3.63, 3.8) is 0 Å². The van der Waals surface area contributed by atoms with Crippen molar-refractivity contribution >= 4 is 6.03 Å². The Bertz CT molecular complexity index is 328. The van der Waals surface area contributed by atoms with Gasteiger partial charge in [0.15, 0.2) is 0 Å². The molecule has 0 aromatic rings. The van der Waals surface area contributed by atoms with Crippen LogP contribution in [0.2, 0.25) is 0 Å². The Labute approximate surface area is 109 Å². The maximum absolute atomic E-state index is 12.4. The van der Waals surface area contributed by atoms with Crippen LogP contribution in [0.5, 0.6) is 0 Å². The highest BCUT2D eigenvalue weighted by Crippen LogP contribution is 2.45. The minimum Gasteiger partial charge on any atom is -0.381 e. The summed E-state index contributed by atoms with van der Waals surface area (Å²) in [6.07, 6.45) is 9.56. The molecule has 0 aromatic carbocycles. The number of carbonyl (C=O) groups is 1. The molecule has 102 valence electrons. The summed E-state index contributed by atoms with van der Waals surface area (Å²) >= 11 is 0. The lowest BCUT2D eigenvalue weighted by atomic mass is 9.75. The van der Waals surface area contributed by atoms with Gasteiger partial charge in [0.1, 0.15) is 0 Å². The second kappa shape index (κ2) is 4.72. The van der Waals surface area contributed by atoms with Crippen molar-refractivity contribution in [3.8, 4) is 0 Å². The van der Waals surface area contributed by atoms with Crippen LogP contribution < -0.4 is 5.32 Å². The molecule has 2 unspecified atom stereocenters. The molecule has 18 heavy (non-hydrogen) atoms. The largest absolute Gasteiger partial charge is 0.381 e. The first kappa shape index (κ1) is 12.3. The van der Waals surface area contributed by atoms with Gasteiger partial charge >= 0.3 is 6.03 Å². The van der Waals surface area contributed by atoms with Gasteiger partial charge in [0.25, 0.3) is 0 Å². The zero-order valence-electron chi connectivity index (χ0n) is 11.3. The number of methoxy groups -OCH3 is 1. The predicted octanol–water partition coefficient (Wildman–Crippen LogP) is 2.28. The second-order valence-electron chi connectivity index (χ2n) is 6.15. The number of rotatable bonds is 2. The van der Waals surface area contributed by atoms with Crippen LogP contribution in [0.1, 0.15) is 51.4 Å². The molecule has 0 radical (unpaired) electrons. The molecule has 3 aliphatic rings. The second-order valence-corrected chi connectivity index (χ2v) is 6.15. The van der Waals surface area contributed by atoms with Gasteiger partial charge < -0.3 is 15.0 Å². The average molecular weight is 252 g/mol. The highest BCUT2D eigenvalue weighted by atomic mass is 16.5. The molecule has 3 rings (SSSR count). The third kappa shape index (κ3) is 2.00. The van der Waals surface area contributed by atoms with Crippen molar-refractivity contribution in [2.45, 2.75) is 69.1 Å². The van der Waals surface area contributed by atoms with Crippen LogP contribution in [-0.4, -0.2) is 42.3 Å². The van der Waals surface area contributed by atoms with Crippen molar-refractivity contribution in [1.29, 1.82) is 0 Å². The Hall–Kier alpha value is -0.770. The van der Waals surface area contributed by atoms with Gasteiger partial charge in [-0.1, -0.05) is 0 Å². The third-order valence-electron chi connectivity index (χ3n) is 5.17. The zero-order valence-corrected chi connectivity index (χ0v) is 11.3. The van der Waals surface area contributed by atoms with Gasteiger partial charge in [-0.15, -0.1) is 0 Å². The van der Waals surface area contributed by atoms with Gasteiger partial charge in [-0.3, -0.25) is 0 Å². The Morgan fingerprint density at radius 1 is 1.28 bits per heavy atom. The summed E-state index contributed by atoms with van der Waals surface area (Å²) in [4.78, 5) is 14.5. The first-order chi connectivity index (χ1) is 8.73. The molecular weight excluding hydrogens is 228 g/mol. The fraction of sp³-hybridized carbons (Fsp3) is 0.929. The first-order valence-corrected chi connectivity index (χ1v) is 7.34. The van der Waals surface area contributed by atoms with E-state index in [-0.39, 0.29) is 11.6 Å². The van der Waals surface area contributed by atoms with E-state index in [9.17, 15) is 4.79 Å². The monoisotopic (exact) mass is 252 g/mol. The number of urea groups is 1. The summed E-state index contributed by atoms with van der Waals surface area (Å²) in [7, 11) is 1.76. The normalized spacial score (nSPS) is 33.7. The molecule has 1 N–H and O–H groups in total. The molecule has 2 atom stereocenters. The Kier molecular flexibility index (Phi) is 3.22. The fourth-order valence-corrected chi connectivity index (χ4v) is 3.90. The Morgan fingerprint density at radius 2 is 2.06 bits per heavy atom. The number of carbonyl (C=O) groups excluding carboxylic acids is 1. The predicted molar refractivity (Wildman–Crippen MR) is 69.5 cm³/mol. The number of ether oxygens (including phenoxy) is 1. The highest BCUT2D eigenvalue weighted by molar-refractivity contribution is 5.76. The summed E-state index contributed by atoms with van der Waals surface area (Å²) in [5, 5.41) is 3.22. The molecule has 4 heteroatoms. The topological polar surface area (TPSA) is 41.6 Å². The molecule has 2 aliphatic carbocycles. The van der Waals surface area contributed by atoms with Crippen molar-refractivity contribution < 1.29 is 9.53 Å². The molecule has 1 aliphatic heterocycles. The van der Waals surface area contributed by atoms with E-state index in [1.165, 1.54) is 32.1 Å². The van der Waals surface area contributed by atoms with Crippen LogP contribution in [0.3, 0.4) is 0 Å².